The molecule has 23 heavy (non-hydrogen) atoms. The van der Waals surface area contributed by atoms with E-state index in [1.165, 1.54) is 24.3 Å². The van der Waals surface area contributed by atoms with Crippen LogP contribution < -0.4 is 15.4 Å². The van der Waals surface area contributed by atoms with Gasteiger partial charge in [0, 0.05) is 18.2 Å². The highest BCUT2D eigenvalue weighted by Gasteiger charge is 2.17. The van der Waals surface area contributed by atoms with Gasteiger partial charge in [-0.15, -0.1) is 0 Å². The van der Waals surface area contributed by atoms with Gasteiger partial charge in [-0.3, -0.25) is 9.59 Å². The normalized spacial score (nSPS) is 12.5. The largest absolute Gasteiger partial charge is 0.355 e. The van der Waals surface area contributed by atoms with Gasteiger partial charge in [0.05, 0.1) is 11.4 Å². The average molecular weight is 341 g/mol. The van der Waals surface area contributed by atoms with E-state index in [-0.39, 0.29) is 29.0 Å². The summed E-state index contributed by atoms with van der Waals surface area (Å²) in [5.74, 6) is -0.715. The third kappa shape index (κ3) is 5.99. The van der Waals surface area contributed by atoms with Gasteiger partial charge in [-0.1, -0.05) is 6.92 Å². The van der Waals surface area contributed by atoms with Crippen LogP contribution in [0.15, 0.2) is 29.2 Å². The fourth-order valence-electron chi connectivity index (χ4n) is 1.72. The van der Waals surface area contributed by atoms with E-state index < -0.39 is 15.9 Å². The number of amides is 2. The number of hydrogen-bond donors (Lipinski definition) is 3. The molecule has 0 radical (unpaired) electrons. The highest BCUT2D eigenvalue weighted by molar-refractivity contribution is 7.89. The van der Waals surface area contributed by atoms with Gasteiger partial charge in [0.2, 0.25) is 15.9 Å². The summed E-state index contributed by atoms with van der Waals surface area (Å²) in [5.41, 5.74) is 0.289. The van der Waals surface area contributed by atoms with Gasteiger partial charge in [-0.05, 0) is 44.5 Å². The maximum Gasteiger partial charge on any atom is 0.251 e. The molecule has 0 fully saturated rings. The van der Waals surface area contributed by atoms with Gasteiger partial charge in [-0.25, -0.2) is 13.1 Å². The van der Waals surface area contributed by atoms with Crippen molar-refractivity contribution in [3.63, 3.8) is 0 Å². The first kappa shape index (κ1) is 19.1. The van der Waals surface area contributed by atoms with E-state index in [4.69, 9.17) is 0 Å². The van der Waals surface area contributed by atoms with E-state index >= 15 is 0 Å². The molecule has 2 amide bonds. The van der Waals surface area contributed by atoms with E-state index in [2.05, 4.69) is 15.4 Å². The summed E-state index contributed by atoms with van der Waals surface area (Å²) in [6.07, 6.45) is 0.680. The SMILES string of the molecule is CCNC(=O)CNC(=O)c1ccc(S(=O)(=O)N[C@H](C)CC)cc1. The van der Waals surface area contributed by atoms with Crippen LogP contribution in [0.1, 0.15) is 37.6 Å². The third-order valence-electron chi connectivity index (χ3n) is 3.18. The first-order valence-corrected chi connectivity index (χ1v) is 8.95. The minimum Gasteiger partial charge on any atom is -0.355 e. The minimum atomic E-state index is -3.59. The molecule has 3 N–H and O–H groups in total. The van der Waals surface area contributed by atoms with Crippen molar-refractivity contribution in [3.8, 4) is 0 Å². The van der Waals surface area contributed by atoms with E-state index in [0.29, 0.717) is 13.0 Å². The Morgan fingerprint density at radius 2 is 1.70 bits per heavy atom. The zero-order valence-electron chi connectivity index (χ0n) is 13.5. The molecule has 0 saturated heterocycles. The van der Waals surface area contributed by atoms with Gasteiger partial charge >= 0.3 is 0 Å². The first-order valence-electron chi connectivity index (χ1n) is 7.47. The lowest BCUT2D eigenvalue weighted by Gasteiger charge is -2.12. The fraction of sp³-hybridized carbons (Fsp3) is 0.467. The third-order valence-corrected chi connectivity index (χ3v) is 4.78. The maximum atomic E-state index is 12.1. The number of benzene rings is 1. The predicted octanol–water partition coefficient (Wildman–Crippen LogP) is 0.629. The van der Waals surface area contributed by atoms with Crippen molar-refractivity contribution in [2.75, 3.05) is 13.1 Å². The lowest BCUT2D eigenvalue weighted by atomic mass is 10.2. The molecule has 0 aliphatic rings. The van der Waals surface area contributed by atoms with Crippen LogP contribution in [0.5, 0.6) is 0 Å². The summed E-state index contributed by atoms with van der Waals surface area (Å²) in [6.45, 7) is 5.81. The zero-order chi connectivity index (χ0) is 17.5. The molecule has 128 valence electrons. The predicted molar refractivity (Wildman–Crippen MR) is 87.5 cm³/mol. The van der Waals surface area contributed by atoms with Crippen LogP contribution in [0.2, 0.25) is 0 Å². The second kappa shape index (κ2) is 8.64. The molecule has 1 aromatic rings. The van der Waals surface area contributed by atoms with Crippen LogP contribution in [-0.2, 0) is 14.8 Å². The fourth-order valence-corrected chi connectivity index (χ4v) is 3.05. The Morgan fingerprint density at radius 1 is 1.09 bits per heavy atom. The number of likely N-dealkylation sites (N-methyl/N-ethyl adjacent to an activating group) is 1. The number of hydrogen-bond acceptors (Lipinski definition) is 4. The lowest BCUT2D eigenvalue weighted by Crippen LogP contribution is -2.36. The summed E-state index contributed by atoms with van der Waals surface area (Å²) in [7, 11) is -3.59. The summed E-state index contributed by atoms with van der Waals surface area (Å²) >= 11 is 0. The number of carbonyl (C=O) groups excluding carboxylic acids is 2. The highest BCUT2D eigenvalue weighted by Crippen LogP contribution is 2.11. The second-order valence-electron chi connectivity index (χ2n) is 5.09. The van der Waals surface area contributed by atoms with E-state index in [0.717, 1.165) is 0 Å². The maximum absolute atomic E-state index is 12.1. The van der Waals surface area contributed by atoms with Gasteiger partial charge in [0.1, 0.15) is 0 Å². The molecule has 8 heteroatoms. The van der Waals surface area contributed by atoms with E-state index in [9.17, 15) is 18.0 Å². The molecular weight excluding hydrogens is 318 g/mol. The minimum absolute atomic E-state index is 0.0954. The Hall–Kier alpha value is -1.93. The molecule has 0 saturated carbocycles. The van der Waals surface area contributed by atoms with E-state index in [1.807, 2.05) is 6.92 Å². The van der Waals surface area contributed by atoms with Crippen molar-refractivity contribution < 1.29 is 18.0 Å². The monoisotopic (exact) mass is 341 g/mol. The van der Waals surface area contributed by atoms with E-state index in [1.54, 1.807) is 13.8 Å². The van der Waals surface area contributed by atoms with Crippen LogP contribution >= 0.6 is 0 Å². The summed E-state index contributed by atoms with van der Waals surface area (Å²) < 4.78 is 26.8. The van der Waals surface area contributed by atoms with Crippen molar-refractivity contribution in [2.24, 2.45) is 0 Å². The molecule has 0 aromatic heterocycles. The van der Waals surface area contributed by atoms with Crippen molar-refractivity contribution in [1.29, 1.82) is 0 Å². The van der Waals surface area contributed by atoms with Gasteiger partial charge in [0.25, 0.3) is 5.91 Å². The van der Waals surface area contributed by atoms with Gasteiger partial charge in [-0.2, -0.15) is 0 Å². The van der Waals surface area contributed by atoms with Crippen LogP contribution in [0.4, 0.5) is 0 Å². The quantitative estimate of drug-likeness (QED) is 0.645. The summed E-state index contributed by atoms with van der Waals surface area (Å²) in [6, 6.07) is 5.40. The first-order chi connectivity index (χ1) is 10.8. The Morgan fingerprint density at radius 3 is 2.22 bits per heavy atom. The number of nitrogens with one attached hydrogen (secondary N) is 3. The molecular formula is C15H23N3O4S. The Balaban J connectivity index is 2.72. The molecule has 0 aliphatic heterocycles. The molecule has 0 bridgehead atoms. The van der Waals surface area contributed by atoms with Gasteiger partial charge in [0.15, 0.2) is 0 Å². The Bertz CT molecular complexity index is 641. The zero-order valence-corrected chi connectivity index (χ0v) is 14.4. The standard InChI is InChI=1S/C15H23N3O4S/c1-4-11(3)18-23(21,22)13-8-6-12(7-9-13)15(20)17-10-14(19)16-5-2/h6-9,11,18H,4-5,10H2,1-3H3,(H,16,19)(H,17,20)/t11-/m1/s1. The molecule has 1 aromatic carbocycles. The smallest absolute Gasteiger partial charge is 0.251 e. The molecule has 7 nitrogen and oxygen atoms in total. The Kier molecular flexibility index (Phi) is 7.18. The summed E-state index contributed by atoms with van der Waals surface area (Å²) in [5, 5.41) is 5.03. The second-order valence-corrected chi connectivity index (χ2v) is 6.81. The number of carbonyl (C=O) groups is 2. The van der Waals surface area contributed by atoms with Crippen LogP contribution in [-0.4, -0.2) is 39.4 Å². The van der Waals surface area contributed by atoms with Crippen molar-refractivity contribution in [1.82, 2.24) is 15.4 Å². The molecule has 0 aliphatic carbocycles. The Labute approximate surface area is 136 Å². The molecule has 0 heterocycles. The van der Waals surface area contributed by atoms with Crippen LogP contribution in [0.25, 0.3) is 0 Å². The number of sulfonamides is 1. The summed E-state index contributed by atoms with van der Waals surface area (Å²) in [4.78, 5) is 23.3. The number of rotatable bonds is 8. The van der Waals surface area contributed by atoms with Crippen molar-refractivity contribution in [2.45, 2.75) is 38.1 Å². The molecule has 1 atom stereocenters. The lowest BCUT2D eigenvalue weighted by molar-refractivity contribution is -0.120. The van der Waals surface area contributed by atoms with Crippen molar-refractivity contribution in [3.05, 3.63) is 29.8 Å². The molecule has 1 rings (SSSR count). The van der Waals surface area contributed by atoms with Crippen molar-refractivity contribution >= 4 is 21.8 Å². The van der Waals surface area contributed by atoms with Crippen LogP contribution in [0.3, 0.4) is 0 Å². The topological polar surface area (TPSA) is 104 Å². The molecule has 0 spiro atoms. The average Bonchev–Trinajstić information content (AvgIpc) is 2.52. The highest BCUT2D eigenvalue weighted by atomic mass is 32.2. The molecule has 0 unspecified atom stereocenters. The van der Waals surface area contributed by atoms with Crippen LogP contribution in [0, 0.1) is 0 Å². The van der Waals surface area contributed by atoms with Gasteiger partial charge < -0.3 is 10.6 Å².